The lowest BCUT2D eigenvalue weighted by Gasteiger charge is -2.21. The first-order valence-corrected chi connectivity index (χ1v) is 6.21. The van der Waals surface area contributed by atoms with E-state index in [-0.39, 0.29) is 5.69 Å². The minimum atomic E-state index is -0.412. The van der Waals surface area contributed by atoms with Gasteiger partial charge in [-0.25, -0.2) is 0 Å². The molecule has 0 heterocycles. The zero-order chi connectivity index (χ0) is 13.9. The summed E-state index contributed by atoms with van der Waals surface area (Å²) in [4.78, 5) is 14.5. The predicted octanol–water partition coefficient (Wildman–Crippen LogP) is 1.94. The molecule has 1 rings (SSSR count). The zero-order valence-corrected chi connectivity index (χ0v) is 12.3. The summed E-state index contributed by atoms with van der Waals surface area (Å²) in [7, 11) is 5.75. The third kappa shape index (κ3) is 3.58. The Labute approximate surface area is 115 Å². The average Bonchev–Trinajstić information content (AvgIpc) is 2.28. The molecule has 0 aromatic heterocycles. The number of nitrogens with two attached hydrogens (primary N) is 1. The molecule has 0 amide bonds. The van der Waals surface area contributed by atoms with Crippen molar-refractivity contribution in [2.75, 3.05) is 44.9 Å². The Hall–Kier alpha value is -1.34. The lowest BCUT2D eigenvalue weighted by Crippen LogP contribution is -2.28. The number of nitro benzene ring substituents is 1. The molecular formula is C11H17BrN4O2. The van der Waals surface area contributed by atoms with Gasteiger partial charge in [-0.2, -0.15) is 0 Å². The Morgan fingerprint density at radius 2 is 1.94 bits per heavy atom. The van der Waals surface area contributed by atoms with E-state index < -0.39 is 4.92 Å². The summed E-state index contributed by atoms with van der Waals surface area (Å²) < 4.78 is 0.666. The molecule has 0 atom stereocenters. The fourth-order valence-corrected chi connectivity index (χ4v) is 1.82. The molecule has 0 aliphatic heterocycles. The quantitative estimate of drug-likeness (QED) is 0.510. The average molecular weight is 317 g/mol. The number of rotatable bonds is 5. The van der Waals surface area contributed by atoms with Crippen LogP contribution >= 0.6 is 15.9 Å². The van der Waals surface area contributed by atoms with E-state index in [1.807, 2.05) is 30.9 Å². The van der Waals surface area contributed by atoms with E-state index in [9.17, 15) is 10.1 Å². The van der Waals surface area contributed by atoms with Gasteiger partial charge in [0, 0.05) is 30.7 Å². The van der Waals surface area contributed by atoms with Crippen LogP contribution in [0.25, 0.3) is 0 Å². The Bertz CT molecular complexity index is 451. The molecular weight excluding hydrogens is 300 g/mol. The predicted molar refractivity (Wildman–Crippen MR) is 77.0 cm³/mol. The second-order valence-corrected chi connectivity index (χ2v) is 5.20. The first kappa shape index (κ1) is 14.7. The molecule has 7 heteroatoms. The number of benzene rings is 1. The van der Waals surface area contributed by atoms with Crippen molar-refractivity contribution < 1.29 is 4.92 Å². The minimum Gasteiger partial charge on any atom is -0.398 e. The highest BCUT2D eigenvalue weighted by Crippen LogP contribution is 2.34. The molecule has 1 aromatic carbocycles. The lowest BCUT2D eigenvalue weighted by atomic mass is 10.2. The van der Waals surface area contributed by atoms with Crippen LogP contribution in [0, 0.1) is 10.1 Å². The fourth-order valence-electron chi connectivity index (χ4n) is 1.49. The standard InChI is InChI=1S/C11H17BrN4O2/c1-14(2)4-5-15(3)10-6-8(12)9(13)7-11(10)16(17)18/h6-7H,4-5,13H2,1-3H3. The number of likely N-dealkylation sites (N-methyl/N-ethyl adjacent to an activating group) is 2. The van der Waals surface area contributed by atoms with Gasteiger partial charge >= 0.3 is 0 Å². The van der Waals surface area contributed by atoms with Crippen LogP contribution in [0.5, 0.6) is 0 Å². The van der Waals surface area contributed by atoms with E-state index in [0.717, 1.165) is 6.54 Å². The Kier molecular flexibility index (Phi) is 4.92. The van der Waals surface area contributed by atoms with E-state index in [4.69, 9.17) is 5.73 Å². The van der Waals surface area contributed by atoms with Gasteiger partial charge in [0.05, 0.1) is 10.6 Å². The van der Waals surface area contributed by atoms with E-state index in [1.165, 1.54) is 6.07 Å². The van der Waals surface area contributed by atoms with Gasteiger partial charge in [0.1, 0.15) is 5.69 Å². The van der Waals surface area contributed by atoms with Crippen LogP contribution in [0.1, 0.15) is 0 Å². The molecule has 0 fully saturated rings. The molecule has 0 aliphatic rings. The molecule has 0 spiro atoms. The number of nitrogen functional groups attached to an aromatic ring is 1. The highest BCUT2D eigenvalue weighted by molar-refractivity contribution is 9.10. The fraction of sp³-hybridized carbons (Fsp3) is 0.455. The van der Waals surface area contributed by atoms with Crippen molar-refractivity contribution in [2.45, 2.75) is 0 Å². The van der Waals surface area contributed by atoms with Crippen LogP contribution in [0.3, 0.4) is 0 Å². The molecule has 6 nitrogen and oxygen atoms in total. The number of hydrogen-bond donors (Lipinski definition) is 1. The van der Waals surface area contributed by atoms with Crippen molar-refractivity contribution >= 4 is 33.0 Å². The van der Waals surface area contributed by atoms with Crippen LogP contribution in [0.2, 0.25) is 0 Å². The molecule has 1 aromatic rings. The molecule has 18 heavy (non-hydrogen) atoms. The maximum atomic E-state index is 11.0. The molecule has 0 unspecified atom stereocenters. The Morgan fingerprint density at radius 3 is 2.44 bits per heavy atom. The zero-order valence-electron chi connectivity index (χ0n) is 10.7. The monoisotopic (exact) mass is 316 g/mol. The third-order valence-corrected chi connectivity index (χ3v) is 3.27. The van der Waals surface area contributed by atoms with Crippen molar-refractivity contribution in [3.8, 4) is 0 Å². The lowest BCUT2D eigenvalue weighted by molar-refractivity contribution is -0.384. The smallest absolute Gasteiger partial charge is 0.294 e. The Morgan fingerprint density at radius 1 is 1.33 bits per heavy atom. The van der Waals surface area contributed by atoms with Crippen molar-refractivity contribution in [3.05, 3.63) is 26.7 Å². The normalized spacial score (nSPS) is 10.7. The summed E-state index contributed by atoms with van der Waals surface area (Å²) in [6.07, 6.45) is 0. The second kappa shape index (κ2) is 6.01. The first-order valence-electron chi connectivity index (χ1n) is 5.42. The third-order valence-electron chi connectivity index (χ3n) is 2.58. The summed E-state index contributed by atoms with van der Waals surface area (Å²) in [6.45, 7) is 1.51. The molecule has 0 aliphatic carbocycles. The van der Waals surface area contributed by atoms with Gasteiger partial charge in [-0.15, -0.1) is 0 Å². The highest BCUT2D eigenvalue weighted by atomic mass is 79.9. The van der Waals surface area contributed by atoms with Crippen LogP contribution in [-0.4, -0.2) is 44.1 Å². The Balaban J connectivity index is 3.05. The number of nitro groups is 1. The number of anilines is 2. The summed E-state index contributed by atoms with van der Waals surface area (Å²) in [5, 5.41) is 11.0. The number of halogens is 1. The van der Waals surface area contributed by atoms with Crippen LogP contribution in [0.4, 0.5) is 17.1 Å². The largest absolute Gasteiger partial charge is 0.398 e. The summed E-state index contributed by atoms with van der Waals surface area (Å²) in [6, 6.07) is 3.06. The van der Waals surface area contributed by atoms with Crippen molar-refractivity contribution in [1.82, 2.24) is 4.90 Å². The summed E-state index contributed by atoms with van der Waals surface area (Å²) >= 11 is 3.29. The van der Waals surface area contributed by atoms with E-state index >= 15 is 0 Å². The van der Waals surface area contributed by atoms with Crippen LogP contribution < -0.4 is 10.6 Å². The number of nitrogens with zero attached hydrogens (tertiary/aromatic N) is 3. The van der Waals surface area contributed by atoms with Gasteiger partial charge in [-0.1, -0.05) is 0 Å². The first-order chi connectivity index (χ1) is 8.32. The van der Waals surface area contributed by atoms with Gasteiger partial charge in [-0.05, 0) is 36.1 Å². The molecule has 100 valence electrons. The van der Waals surface area contributed by atoms with E-state index in [1.54, 1.807) is 6.07 Å². The van der Waals surface area contributed by atoms with Crippen LogP contribution in [0.15, 0.2) is 16.6 Å². The summed E-state index contributed by atoms with van der Waals surface area (Å²) in [5.74, 6) is 0. The molecule has 0 bridgehead atoms. The van der Waals surface area contributed by atoms with Crippen molar-refractivity contribution in [2.24, 2.45) is 0 Å². The molecule has 0 saturated carbocycles. The molecule has 0 radical (unpaired) electrons. The van der Waals surface area contributed by atoms with Gasteiger partial charge in [0.25, 0.3) is 5.69 Å². The van der Waals surface area contributed by atoms with Gasteiger partial charge in [0.2, 0.25) is 0 Å². The summed E-state index contributed by atoms with van der Waals surface area (Å²) in [5.41, 5.74) is 6.62. The van der Waals surface area contributed by atoms with Crippen molar-refractivity contribution in [3.63, 3.8) is 0 Å². The van der Waals surface area contributed by atoms with E-state index in [2.05, 4.69) is 15.9 Å². The van der Waals surface area contributed by atoms with Gasteiger partial charge in [0.15, 0.2) is 0 Å². The molecule has 0 saturated heterocycles. The maximum Gasteiger partial charge on any atom is 0.294 e. The second-order valence-electron chi connectivity index (χ2n) is 4.34. The number of hydrogen-bond acceptors (Lipinski definition) is 5. The maximum absolute atomic E-state index is 11.0. The van der Waals surface area contributed by atoms with E-state index in [0.29, 0.717) is 22.4 Å². The molecule has 2 N–H and O–H groups in total. The van der Waals surface area contributed by atoms with Gasteiger partial charge in [-0.3, -0.25) is 10.1 Å². The minimum absolute atomic E-state index is 0.0250. The SMILES string of the molecule is CN(C)CCN(C)c1cc(Br)c(N)cc1[N+](=O)[O-]. The highest BCUT2D eigenvalue weighted by Gasteiger charge is 2.19. The van der Waals surface area contributed by atoms with Crippen molar-refractivity contribution in [1.29, 1.82) is 0 Å². The topological polar surface area (TPSA) is 75.6 Å². The van der Waals surface area contributed by atoms with Crippen LogP contribution in [-0.2, 0) is 0 Å². The van der Waals surface area contributed by atoms with Gasteiger partial charge < -0.3 is 15.5 Å².